The quantitative estimate of drug-likeness (QED) is 0.323. The van der Waals surface area contributed by atoms with E-state index in [0.717, 1.165) is 25.7 Å². The molecule has 0 saturated heterocycles. The standard InChI is InChI=1S/C28H38O3S/c1-5-6-7-8-9-13-22-23(27(31)28(3,4)26(22)30)17-15-20(29)16-18-24-19(2)21-12-10-11-14-25(21)32-24/h8-12,14-15,17,20,22-23,27,29,31H,5-7,13,16,18H2,1-4H3/b9-8-,17-15+/t20?,22-,23-,27+/m1/s1. The van der Waals surface area contributed by atoms with Gasteiger partial charge in [-0.1, -0.05) is 76.1 Å². The Hall–Kier alpha value is -1.75. The summed E-state index contributed by atoms with van der Waals surface area (Å²) in [6.45, 7) is 7.99. The summed E-state index contributed by atoms with van der Waals surface area (Å²) in [5.74, 6) is -0.365. The number of aliphatic hydroxyl groups is 2. The number of ketones is 1. The third kappa shape index (κ3) is 5.41. The second-order valence-corrected chi connectivity index (χ2v) is 10.8. The number of carbonyl (C=O) groups excluding carboxylic acids is 1. The number of aliphatic hydroxyl groups excluding tert-OH is 2. The first-order valence-electron chi connectivity index (χ1n) is 12.0. The molecule has 1 aliphatic carbocycles. The Bertz CT molecular complexity index is 968. The van der Waals surface area contributed by atoms with Crippen molar-refractivity contribution in [3.63, 3.8) is 0 Å². The minimum atomic E-state index is -0.754. The smallest absolute Gasteiger partial charge is 0.145 e. The molecule has 174 valence electrons. The lowest BCUT2D eigenvalue weighted by atomic mass is 9.86. The summed E-state index contributed by atoms with van der Waals surface area (Å²) in [7, 11) is 0. The number of rotatable bonds is 10. The summed E-state index contributed by atoms with van der Waals surface area (Å²) in [4.78, 5) is 14.3. The van der Waals surface area contributed by atoms with Gasteiger partial charge in [-0.05, 0) is 49.6 Å². The molecule has 1 saturated carbocycles. The van der Waals surface area contributed by atoms with Crippen molar-refractivity contribution in [2.75, 3.05) is 0 Å². The number of Topliss-reactive ketones (excluding diaryl/α,β-unsaturated/α-hetero) is 1. The van der Waals surface area contributed by atoms with Crippen LogP contribution in [0.15, 0.2) is 48.6 Å². The number of thiophene rings is 1. The molecule has 1 aliphatic rings. The van der Waals surface area contributed by atoms with Crippen LogP contribution in [-0.2, 0) is 11.2 Å². The molecule has 3 rings (SSSR count). The predicted molar refractivity (Wildman–Crippen MR) is 135 cm³/mol. The van der Waals surface area contributed by atoms with Crippen LogP contribution in [0.3, 0.4) is 0 Å². The van der Waals surface area contributed by atoms with E-state index < -0.39 is 17.6 Å². The average Bonchev–Trinajstić information content (AvgIpc) is 3.18. The van der Waals surface area contributed by atoms with Gasteiger partial charge in [0.2, 0.25) is 0 Å². The molecule has 0 bridgehead atoms. The van der Waals surface area contributed by atoms with Crippen LogP contribution in [0.4, 0.5) is 0 Å². The van der Waals surface area contributed by atoms with Gasteiger partial charge in [-0.15, -0.1) is 11.3 Å². The van der Waals surface area contributed by atoms with E-state index in [1.165, 1.54) is 20.5 Å². The van der Waals surface area contributed by atoms with Crippen molar-refractivity contribution < 1.29 is 15.0 Å². The van der Waals surface area contributed by atoms with Crippen molar-refractivity contribution in [2.45, 2.75) is 78.4 Å². The van der Waals surface area contributed by atoms with E-state index in [0.29, 0.717) is 12.8 Å². The van der Waals surface area contributed by atoms with Crippen LogP contribution in [0, 0.1) is 24.2 Å². The number of hydrogen-bond acceptors (Lipinski definition) is 4. The maximum Gasteiger partial charge on any atom is 0.145 e. The molecule has 1 unspecified atom stereocenters. The van der Waals surface area contributed by atoms with Crippen molar-refractivity contribution in [3.05, 3.63) is 59.0 Å². The van der Waals surface area contributed by atoms with Crippen LogP contribution < -0.4 is 0 Å². The van der Waals surface area contributed by atoms with Gasteiger partial charge in [0, 0.05) is 21.4 Å². The van der Waals surface area contributed by atoms with Crippen LogP contribution >= 0.6 is 11.3 Å². The van der Waals surface area contributed by atoms with Gasteiger partial charge in [0.15, 0.2) is 0 Å². The van der Waals surface area contributed by atoms with Gasteiger partial charge in [-0.3, -0.25) is 4.79 Å². The number of fused-ring (bicyclic) bond motifs is 1. The second-order valence-electron chi connectivity index (χ2n) is 9.70. The molecule has 0 radical (unpaired) electrons. The van der Waals surface area contributed by atoms with Gasteiger partial charge in [-0.2, -0.15) is 0 Å². The van der Waals surface area contributed by atoms with E-state index in [9.17, 15) is 15.0 Å². The van der Waals surface area contributed by atoms with E-state index in [1.807, 2.05) is 19.9 Å². The summed E-state index contributed by atoms with van der Waals surface area (Å²) in [6, 6.07) is 8.42. The van der Waals surface area contributed by atoms with Crippen LogP contribution in [-0.4, -0.2) is 28.2 Å². The molecule has 0 amide bonds. The zero-order valence-corrected chi connectivity index (χ0v) is 20.7. The van der Waals surface area contributed by atoms with Crippen molar-refractivity contribution in [3.8, 4) is 0 Å². The van der Waals surface area contributed by atoms with Gasteiger partial charge < -0.3 is 10.2 Å². The maximum absolute atomic E-state index is 13.0. The van der Waals surface area contributed by atoms with E-state index in [2.05, 4.69) is 50.3 Å². The van der Waals surface area contributed by atoms with Crippen LogP contribution in [0.5, 0.6) is 0 Å². The Balaban J connectivity index is 1.64. The molecule has 4 heteroatoms. The third-order valence-corrected chi connectivity index (χ3v) is 8.32. The first-order chi connectivity index (χ1) is 15.3. The Labute approximate surface area is 196 Å². The molecule has 0 spiro atoms. The van der Waals surface area contributed by atoms with Gasteiger partial charge in [-0.25, -0.2) is 0 Å². The Kier molecular flexibility index (Phi) is 8.49. The second kappa shape index (κ2) is 10.9. The monoisotopic (exact) mass is 454 g/mol. The number of aryl methyl sites for hydroxylation is 2. The summed E-state index contributed by atoms with van der Waals surface area (Å²) in [5, 5.41) is 22.8. The fraction of sp³-hybridized carbons (Fsp3) is 0.536. The lowest BCUT2D eigenvalue weighted by molar-refractivity contribution is -0.129. The lowest BCUT2D eigenvalue weighted by Crippen LogP contribution is -2.31. The summed E-state index contributed by atoms with van der Waals surface area (Å²) < 4.78 is 1.29. The van der Waals surface area contributed by atoms with Gasteiger partial charge in [0.1, 0.15) is 5.78 Å². The van der Waals surface area contributed by atoms with Gasteiger partial charge >= 0.3 is 0 Å². The normalized spacial score (nSPS) is 24.3. The highest BCUT2D eigenvalue weighted by Crippen LogP contribution is 2.44. The number of unbranched alkanes of at least 4 members (excludes halogenated alkanes) is 2. The predicted octanol–water partition coefficient (Wildman–Crippen LogP) is 6.40. The van der Waals surface area contributed by atoms with Gasteiger partial charge in [0.25, 0.3) is 0 Å². The van der Waals surface area contributed by atoms with E-state index in [4.69, 9.17) is 0 Å². The zero-order valence-electron chi connectivity index (χ0n) is 19.9. The molecular formula is C28H38O3S. The number of carbonyl (C=O) groups is 1. The van der Waals surface area contributed by atoms with Crippen LogP contribution in [0.25, 0.3) is 10.1 Å². The Morgan fingerprint density at radius 2 is 1.97 bits per heavy atom. The third-order valence-electron chi connectivity index (χ3n) is 6.99. The van der Waals surface area contributed by atoms with Crippen LogP contribution in [0.2, 0.25) is 0 Å². The molecule has 3 nitrogen and oxygen atoms in total. The van der Waals surface area contributed by atoms with Crippen molar-refractivity contribution >= 4 is 27.2 Å². The molecule has 1 aromatic heterocycles. The maximum atomic E-state index is 13.0. The minimum absolute atomic E-state index is 0.121. The van der Waals surface area contributed by atoms with Crippen molar-refractivity contribution in [2.24, 2.45) is 17.3 Å². The fourth-order valence-electron chi connectivity index (χ4n) is 4.78. The van der Waals surface area contributed by atoms with Crippen molar-refractivity contribution in [1.82, 2.24) is 0 Å². The van der Waals surface area contributed by atoms with E-state index >= 15 is 0 Å². The van der Waals surface area contributed by atoms with E-state index in [-0.39, 0.29) is 17.6 Å². The zero-order chi connectivity index (χ0) is 23.3. The lowest BCUT2D eigenvalue weighted by Gasteiger charge is -2.22. The topological polar surface area (TPSA) is 57.5 Å². The van der Waals surface area contributed by atoms with Gasteiger partial charge in [0.05, 0.1) is 17.6 Å². The molecule has 1 aromatic carbocycles. The molecule has 0 aliphatic heterocycles. The fourth-order valence-corrected chi connectivity index (χ4v) is 6.01. The van der Waals surface area contributed by atoms with Crippen LogP contribution in [0.1, 0.15) is 63.3 Å². The summed E-state index contributed by atoms with van der Waals surface area (Å²) in [5.41, 5.74) is 0.547. The average molecular weight is 455 g/mol. The van der Waals surface area contributed by atoms with Crippen molar-refractivity contribution in [1.29, 1.82) is 0 Å². The number of allylic oxidation sites excluding steroid dienone is 2. The number of benzene rings is 1. The molecule has 1 heterocycles. The highest BCUT2D eigenvalue weighted by atomic mass is 32.1. The molecule has 2 N–H and O–H groups in total. The minimum Gasteiger partial charge on any atom is -0.391 e. The molecule has 32 heavy (non-hydrogen) atoms. The molecule has 4 atom stereocenters. The Morgan fingerprint density at radius 1 is 1.22 bits per heavy atom. The van der Waals surface area contributed by atoms with E-state index in [1.54, 1.807) is 17.4 Å². The largest absolute Gasteiger partial charge is 0.391 e. The molecule has 1 fully saturated rings. The molecule has 2 aromatic rings. The first kappa shape index (κ1) is 24.9. The molecular weight excluding hydrogens is 416 g/mol. The SMILES string of the molecule is CCCC/C=C\C[C@H]1C(=O)C(C)(C)[C@@H](O)[C@@H]1/C=C/C(O)CCc1sc2ccccc2c1C. The highest BCUT2D eigenvalue weighted by molar-refractivity contribution is 7.19. The summed E-state index contributed by atoms with van der Waals surface area (Å²) >= 11 is 1.80. The summed E-state index contributed by atoms with van der Waals surface area (Å²) in [6.07, 6.45) is 12.0. The Morgan fingerprint density at radius 3 is 2.69 bits per heavy atom. The first-order valence-corrected chi connectivity index (χ1v) is 12.8. The highest BCUT2D eigenvalue weighted by Gasteiger charge is 2.52. The number of hydrogen-bond donors (Lipinski definition) is 2.